The van der Waals surface area contributed by atoms with Crippen molar-refractivity contribution in [2.24, 2.45) is 7.05 Å². The number of likely N-dealkylation sites (tertiary alicyclic amines) is 1. The number of benzene rings is 1. The van der Waals surface area contributed by atoms with E-state index in [-0.39, 0.29) is 11.8 Å². The molecular weight excluding hydrogens is 348 g/mol. The Morgan fingerprint density at radius 3 is 2.36 bits per heavy atom. The molecular formula is C18H18ClF2N3O. The summed E-state index contributed by atoms with van der Waals surface area (Å²) < 4.78 is 29.2. The molecule has 0 radical (unpaired) electrons. The van der Waals surface area contributed by atoms with Crippen molar-refractivity contribution in [3.63, 3.8) is 0 Å². The van der Waals surface area contributed by atoms with E-state index in [9.17, 15) is 13.6 Å². The molecule has 7 heteroatoms. The molecule has 1 amide bonds. The predicted octanol–water partition coefficient (Wildman–Crippen LogP) is 3.37. The Bertz CT molecular complexity index is 804. The first-order valence-corrected chi connectivity index (χ1v) is 8.60. The van der Waals surface area contributed by atoms with E-state index in [4.69, 9.17) is 11.6 Å². The molecule has 0 N–H and O–H groups in total. The normalized spacial score (nSPS) is 21.5. The van der Waals surface area contributed by atoms with Crippen LogP contribution in [0.4, 0.5) is 8.78 Å². The maximum atomic E-state index is 13.7. The van der Waals surface area contributed by atoms with Gasteiger partial charge in [0.15, 0.2) is 0 Å². The quantitative estimate of drug-likeness (QED) is 0.836. The van der Waals surface area contributed by atoms with Crippen LogP contribution in [0.5, 0.6) is 0 Å². The Balaban J connectivity index is 1.54. The van der Waals surface area contributed by atoms with E-state index in [0.29, 0.717) is 23.7 Å². The second kappa shape index (κ2) is 5.53. The highest BCUT2D eigenvalue weighted by molar-refractivity contribution is 6.30. The van der Waals surface area contributed by atoms with E-state index in [1.165, 1.54) is 0 Å². The van der Waals surface area contributed by atoms with E-state index < -0.39 is 24.2 Å². The molecule has 1 aromatic heterocycles. The van der Waals surface area contributed by atoms with E-state index in [1.807, 2.05) is 13.1 Å². The first kappa shape index (κ1) is 16.5. The molecule has 2 fully saturated rings. The number of alkyl halides is 2. The molecule has 1 saturated heterocycles. The molecule has 0 unspecified atom stereocenters. The Hall–Kier alpha value is -1.95. The minimum atomic E-state index is -2.79. The highest BCUT2D eigenvalue weighted by Gasteiger charge is 2.63. The second-order valence-corrected chi connectivity index (χ2v) is 7.52. The maximum absolute atomic E-state index is 13.7. The van der Waals surface area contributed by atoms with Crippen molar-refractivity contribution in [3.05, 3.63) is 52.8 Å². The fraction of sp³-hybridized carbons (Fsp3) is 0.444. The number of rotatable bonds is 3. The molecule has 4 nitrogen and oxygen atoms in total. The van der Waals surface area contributed by atoms with Crippen LogP contribution in [-0.2, 0) is 17.3 Å². The van der Waals surface area contributed by atoms with Crippen LogP contribution in [0.1, 0.15) is 30.0 Å². The van der Waals surface area contributed by atoms with Crippen molar-refractivity contribution in [3.8, 4) is 0 Å². The van der Waals surface area contributed by atoms with Crippen molar-refractivity contribution in [1.82, 2.24) is 14.7 Å². The van der Waals surface area contributed by atoms with Gasteiger partial charge in [0.1, 0.15) is 0 Å². The Morgan fingerprint density at radius 1 is 1.20 bits per heavy atom. The summed E-state index contributed by atoms with van der Waals surface area (Å²) >= 11 is 5.90. The standard InChI is InChI=1S/C18H18ClF2N3O/c1-23-15(6-7-22-23)12-8-24(9-12)16(25)17(10-18(20,21)11-17)13-2-4-14(19)5-3-13/h2-7,12H,8-11H2,1H3. The summed E-state index contributed by atoms with van der Waals surface area (Å²) in [5.41, 5.74) is 0.547. The molecule has 25 heavy (non-hydrogen) atoms. The van der Waals surface area contributed by atoms with E-state index >= 15 is 0 Å². The number of hydrogen-bond donors (Lipinski definition) is 0. The number of carbonyl (C=O) groups excluding carboxylic acids is 1. The maximum Gasteiger partial charge on any atom is 0.250 e. The summed E-state index contributed by atoms with van der Waals surface area (Å²) in [5.74, 6) is -2.79. The molecule has 2 heterocycles. The highest BCUT2D eigenvalue weighted by atomic mass is 35.5. The fourth-order valence-corrected chi connectivity index (χ4v) is 4.12. The van der Waals surface area contributed by atoms with E-state index in [2.05, 4.69) is 5.10 Å². The fourth-order valence-electron chi connectivity index (χ4n) is 4.00. The minimum absolute atomic E-state index is 0.208. The third-order valence-corrected chi connectivity index (χ3v) is 5.62. The van der Waals surface area contributed by atoms with Crippen LogP contribution in [0, 0.1) is 0 Å². The number of amides is 1. The summed E-state index contributed by atoms with van der Waals surface area (Å²) in [5, 5.41) is 4.67. The van der Waals surface area contributed by atoms with Crippen LogP contribution in [-0.4, -0.2) is 39.6 Å². The lowest BCUT2D eigenvalue weighted by atomic mass is 9.60. The monoisotopic (exact) mass is 365 g/mol. The zero-order valence-corrected chi connectivity index (χ0v) is 14.5. The third kappa shape index (κ3) is 2.63. The number of aryl methyl sites for hydroxylation is 1. The van der Waals surface area contributed by atoms with Gasteiger partial charge in [0, 0.05) is 55.8 Å². The number of hydrogen-bond acceptors (Lipinski definition) is 2. The van der Waals surface area contributed by atoms with Crippen LogP contribution in [0.2, 0.25) is 5.02 Å². The lowest BCUT2D eigenvalue weighted by Gasteiger charge is -2.51. The summed E-state index contributed by atoms with van der Waals surface area (Å²) in [6.45, 7) is 1.08. The Labute approximate surface area is 149 Å². The number of nitrogens with zero attached hydrogens (tertiary/aromatic N) is 3. The van der Waals surface area contributed by atoms with Crippen molar-refractivity contribution in [2.45, 2.75) is 30.1 Å². The van der Waals surface area contributed by atoms with Gasteiger partial charge in [0.25, 0.3) is 5.92 Å². The second-order valence-electron chi connectivity index (χ2n) is 7.09. The Kier molecular flexibility index (Phi) is 3.65. The molecule has 1 saturated carbocycles. The first-order chi connectivity index (χ1) is 11.8. The highest BCUT2D eigenvalue weighted by Crippen LogP contribution is 2.55. The summed E-state index contributed by atoms with van der Waals surface area (Å²) in [6, 6.07) is 8.61. The minimum Gasteiger partial charge on any atom is -0.340 e. The molecule has 1 aromatic carbocycles. The van der Waals surface area contributed by atoms with Crippen molar-refractivity contribution in [1.29, 1.82) is 0 Å². The predicted molar refractivity (Wildman–Crippen MR) is 89.8 cm³/mol. The molecule has 0 spiro atoms. The lowest BCUT2D eigenvalue weighted by molar-refractivity contribution is -0.172. The van der Waals surface area contributed by atoms with Crippen LogP contribution in [0.15, 0.2) is 36.5 Å². The molecule has 4 rings (SSSR count). The van der Waals surface area contributed by atoms with Crippen LogP contribution in [0.3, 0.4) is 0 Å². The summed E-state index contributed by atoms with van der Waals surface area (Å²) in [6.07, 6.45) is 0.849. The van der Waals surface area contributed by atoms with Gasteiger partial charge in [-0.3, -0.25) is 9.48 Å². The number of aromatic nitrogens is 2. The van der Waals surface area contributed by atoms with Gasteiger partial charge in [-0.05, 0) is 23.8 Å². The molecule has 1 aliphatic carbocycles. The SMILES string of the molecule is Cn1nccc1C1CN(C(=O)C2(c3ccc(Cl)cc3)CC(F)(F)C2)C1. The van der Waals surface area contributed by atoms with Crippen LogP contribution >= 0.6 is 11.6 Å². The average Bonchev–Trinajstić information content (AvgIpc) is 2.89. The van der Waals surface area contributed by atoms with Gasteiger partial charge in [-0.2, -0.15) is 5.10 Å². The zero-order valence-electron chi connectivity index (χ0n) is 13.8. The van der Waals surface area contributed by atoms with Gasteiger partial charge < -0.3 is 4.90 Å². The lowest BCUT2D eigenvalue weighted by Crippen LogP contribution is -2.63. The zero-order chi connectivity index (χ0) is 17.8. The van der Waals surface area contributed by atoms with Gasteiger partial charge in [-0.1, -0.05) is 23.7 Å². The van der Waals surface area contributed by atoms with Gasteiger partial charge in [-0.25, -0.2) is 8.78 Å². The van der Waals surface area contributed by atoms with Crippen molar-refractivity contribution >= 4 is 17.5 Å². The van der Waals surface area contributed by atoms with Gasteiger partial charge in [-0.15, -0.1) is 0 Å². The largest absolute Gasteiger partial charge is 0.340 e. The number of carbonyl (C=O) groups is 1. The molecule has 0 bridgehead atoms. The molecule has 2 aliphatic rings. The molecule has 132 valence electrons. The van der Waals surface area contributed by atoms with E-state index in [1.54, 1.807) is 40.0 Å². The topological polar surface area (TPSA) is 38.1 Å². The van der Waals surface area contributed by atoms with Gasteiger partial charge in [0.2, 0.25) is 5.91 Å². The summed E-state index contributed by atoms with van der Waals surface area (Å²) in [7, 11) is 1.86. The smallest absolute Gasteiger partial charge is 0.250 e. The first-order valence-electron chi connectivity index (χ1n) is 8.22. The van der Waals surface area contributed by atoms with E-state index in [0.717, 1.165) is 5.69 Å². The average molecular weight is 366 g/mol. The van der Waals surface area contributed by atoms with Gasteiger partial charge >= 0.3 is 0 Å². The molecule has 0 atom stereocenters. The summed E-state index contributed by atoms with van der Waals surface area (Å²) in [4.78, 5) is 14.7. The Morgan fingerprint density at radius 2 is 1.84 bits per heavy atom. The van der Waals surface area contributed by atoms with Crippen LogP contribution in [0.25, 0.3) is 0 Å². The van der Waals surface area contributed by atoms with Crippen LogP contribution < -0.4 is 0 Å². The molecule has 1 aliphatic heterocycles. The van der Waals surface area contributed by atoms with Crippen molar-refractivity contribution in [2.75, 3.05) is 13.1 Å². The number of halogens is 3. The van der Waals surface area contributed by atoms with Crippen molar-refractivity contribution < 1.29 is 13.6 Å². The third-order valence-electron chi connectivity index (χ3n) is 5.37. The molecule has 2 aromatic rings. The van der Waals surface area contributed by atoms with Gasteiger partial charge in [0.05, 0.1) is 5.41 Å².